The van der Waals surface area contributed by atoms with E-state index >= 15 is 0 Å². The van der Waals surface area contributed by atoms with Crippen molar-refractivity contribution in [3.05, 3.63) is 57.3 Å². The van der Waals surface area contributed by atoms with Gasteiger partial charge in [0.1, 0.15) is 12.5 Å². The Hall–Kier alpha value is -1.82. The van der Waals surface area contributed by atoms with E-state index in [2.05, 4.69) is 10.6 Å². The van der Waals surface area contributed by atoms with E-state index in [0.29, 0.717) is 21.4 Å². The van der Waals surface area contributed by atoms with Crippen molar-refractivity contribution in [1.29, 1.82) is 0 Å². The smallest absolute Gasteiger partial charge is 0.226 e. The van der Waals surface area contributed by atoms with Crippen LogP contribution in [0.5, 0.6) is 0 Å². The van der Waals surface area contributed by atoms with Crippen molar-refractivity contribution in [2.45, 2.75) is 52.6 Å². The highest BCUT2D eigenvalue weighted by Gasteiger charge is 2.15. The number of carbonyl (C=O) groups is 1. The van der Waals surface area contributed by atoms with Crippen molar-refractivity contribution < 1.29 is 13.9 Å². The van der Waals surface area contributed by atoms with Crippen LogP contribution in [0.2, 0.25) is 10.0 Å². The lowest BCUT2D eigenvalue weighted by Gasteiger charge is -2.20. The summed E-state index contributed by atoms with van der Waals surface area (Å²) in [6.45, 7) is 9.81. The number of rotatable bonds is 7. The molecule has 2 aromatic rings. The van der Waals surface area contributed by atoms with Crippen molar-refractivity contribution in [2.75, 3.05) is 12.0 Å². The van der Waals surface area contributed by atoms with Crippen molar-refractivity contribution in [2.24, 2.45) is 0 Å². The van der Waals surface area contributed by atoms with Gasteiger partial charge in [0.15, 0.2) is 0 Å². The van der Waals surface area contributed by atoms with Crippen molar-refractivity contribution in [1.82, 2.24) is 5.32 Å². The second-order valence-electron chi connectivity index (χ2n) is 8.12. The molecular formula is C22H27Cl2FN2O2. The summed E-state index contributed by atoms with van der Waals surface area (Å²) in [4.78, 5) is 12.1. The van der Waals surface area contributed by atoms with E-state index < -0.39 is 5.82 Å². The predicted molar refractivity (Wildman–Crippen MR) is 118 cm³/mol. The molecular weight excluding hydrogens is 414 g/mol. The second kappa shape index (κ2) is 9.79. The van der Waals surface area contributed by atoms with E-state index in [0.717, 1.165) is 5.56 Å². The zero-order chi connectivity index (χ0) is 21.8. The third kappa shape index (κ3) is 7.18. The molecule has 4 nitrogen and oxygen atoms in total. The molecule has 2 N–H and O–H groups in total. The monoisotopic (exact) mass is 440 g/mol. The number of amides is 1. The lowest BCUT2D eigenvalue weighted by Crippen LogP contribution is -2.32. The molecule has 0 aliphatic heterocycles. The normalized spacial score (nSPS) is 11.6. The molecule has 158 valence electrons. The third-order valence-electron chi connectivity index (χ3n) is 4.15. The van der Waals surface area contributed by atoms with Crippen molar-refractivity contribution in [3.63, 3.8) is 0 Å². The standard InChI is InChI=1S/C22H27Cl2FN2O2/c1-13(2)17-10-15(23)11-18(24)21(17)27-16-6-7-19(25)14(8-16)9-20(28)26-12-29-22(3,4)5/h6-8,10-11,13,27H,9,12H2,1-5H3,(H,26,28). The number of ether oxygens (including phenoxy) is 1. The topological polar surface area (TPSA) is 50.4 Å². The summed E-state index contributed by atoms with van der Waals surface area (Å²) >= 11 is 12.5. The lowest BCUT2D eigenvalue weighted by molar-refractivity contribution is -0.123. The molecule has 2 rings (SSSR count). The molecule has 29 heavy (non-hydrogen) atoms. The van der Waals surface area contributed by atoms with Crippen LogP contribution in [-0.4, -0.2) is 18.2 Å². The van der Waals surface area contributed by atoms with Crippen LogP contribution in [0.25, 0.3) is 0 Å². The molecule has 0 aliphatic carbocycles. The number of halogens is 3. The van der Waals surface area contributed by atoms with Crippen molar-refractivity contribution in [3.8, 4) is 0 Å². The van der Waals surface area contributed by atoms with E-state index in [1.54, 1.807) is 18.2 Å². The number of carbonyl (C=O) groups excluding carboxylic acids is 1. The molecule has 0 unspecified atom stereocenters. The van der Waals surface area contributed by atoms with Gasteiger partial charge < -0.3 is 15.4 Å². The Morgan fingerprint density at radius 2 is 1.86 bits per heavy atom. The van der Waals surface area contributed by atoms with Gasteiger partial charge in [0.25, 0.3) is 0 Å². The van der Waals surface area contributed by atoms with Crippen LogP contribution in [0.3, 0.4) is 0 Å². The number of nitrogens with one attached hydrogen (secondary N) is 2. The quantitative estimate of drug-likeness (QED) is 0.487. The van der Waals surface area contributed by atoms with Crippen LogP contribution in [0.1, 0.15) is 51.7 Å². The first-order valence-electron chi connectivity index (χ1n) is 9.41. The minimum atomic E-state index is -0.450. The van der Waals surface area contributed by atoms with Crippen LogP contribution in [0.15, 0.2) is 30.3 Å². The first-order chi connectivity index (χ1) is 13.5. The summed E-state index contributed by atoms with van der Waals surface area (Å²) in [5.74, 6) is -0.589. The van der Waals surface area contributed by atoms with Gasteiger partial charge in [-0.2, -0.15) is 0 Å². The highest BCUT2D eigenvalue weighted by molar-refractivity contribution is 6.36. The highest BCUT2D eigenvalue weighted by atomic mass is 35.5. The summed E-state index contributed by atoms with van der Waals surface area (Å²) in [7, 11) is 0. The highest BCUT2D eigenvalue weighted by Crippen LogP contribution is 2.36. The van der Waals surface area contributed by atoms with Crippen LogP contribution < -0.4 is 10.6 Å². The maximum atomic E-state index is 14.2. The predicted octanol–water partition coefficient (Wildman–Crippen LogP) is 6.43. The van der Waals surface area contributed by atoms with Gasteiger partial charge in [-0.05, 0) is 68.1 Å². The molecule has 0 atom stereocenters. The average Bonchev–Trinajstić information content (AvgIpc) is 2.58. The Morgan fingerprint density at radius 1 is 1.17 bits per heavy atom. The first kappa shape index (κ1) is 23.5. The Labute approximate surface area is 181 Å². The molecule has 0 saturated carbocycles. The van der Waals surface area contributed by atoms with Gasteiger partial charge >= 0.3 is 0 Å². The summed E-state index contributed by atoms with van der Waals surface area (Å²) in [5, 5.41) is 6.91. The van der Waals surface area contributed by atoms with Gasteiger partial charge in [0.2, 0.25) is 5.91 Å². The number of hydrogen-bond acceptors (Lipinski definition) is 3. The van der Waals surface area contributed by atoms with E-state index in [-0.39, 0.29) is 36.1 Å². The number of anilines is 2. The molecule has 0 fully saturated rings. The van der Waals surface area contributed by atoms with Gasteiger partial charge in [-0.3, -0.25) is 4.79 Å². The first-order valence-corrected chi connectivity index (χ1v) is 10.2. The molecule has 0 aliphatic rings. The molecule has 0 radical (unpaired) electrons. The molecule has 0 saturated heterocycles. The summed E-state index contributed by atoms with van der Waals surface area (Å²) in [6, 6.07) is 8.05. The molecule has 1 amide bonds. The van der Waals surface area contributed by atoms with Gasteiger partial charge in [-0.1, -0.05) is 37.0 Å². The molecule has 0 aromatic heterocycles. The van der Waals surface area contributed by atoms with Crippen LogP contribution in [-0.2, 0) is 16.0 Å². The van der Waals surface area contributed by atoms with Gasteiger partial charge in [0, 0.05) is 10.7 Å². The van der Waals surface area contributed by atoms with Crippen LogP contribution in [0, 0.1) is 5.82 Å². The summed E-state index contributed by atoms with van der Waals surface area (Å²) in [6.07, 6.45) is -0.0970. The Balaban J connectivity index is 2.17. The molecule has 0 heterocycles. The van der Waals surface area contributed by atoms with E-state index in [4.69, 9.17) is 27.9 Å². The summed E-state index contributed by atoms with van der Waals surface area (Å²) in [5.41, 5.74) is 2.21. The van der Waals surface area contributed by atoms with E-state index in [9.17, 15) is 9.18 Å². The zero-order valence-electron chi connectivity index (χ0n) is 17.3. The Kier molecular flexibility index (Phi) is 7.92. The molecule has 0 bridgehead atoms. The fourth-order valence-corrected chi connectivity index (χ4v) is 3.24. The minimum Gasteiger partial charge on any atom is -0.356 e. The SMILES string of the molecule is CC(C)c1cc(Cl)cc(Cl)c1Nc1ccc(F)c(CC(=O)NCOC(C)(C)C)c1. The van der Waals surface area contributed by atoms with E-state index in [1.807, 2.05) is 40.7 Å². The minimum absolute atomic E-state index is 0.0695. The van der Waals surface area contributed by atoms with E-state index in [1.165, 1.54) is 6.07 Å². The van der Waals surface area contributed by atoms with Crippen LogP contribution >= 0.6 is 23.2 Å². The maximum Gasteiger partial charge on any atom is 0.226 e. The third-order valence-corrected chi connectivity index (χ3v) is 4.66. The van der Waals surface area contributed by atoms with Gasteiger partial charge in [-0.15, -0.1) is 0 Å². The lowest BCUT2D eigenvalue weighted by atomic mass is 10.0. The van der Waals surface area contributed by atoms with Crippen molar-refractivity contribution >= 4 is 40.5 Å². The number of hydrogen-bond donors (Lipinski definition) is 2. The molecule has 7 heteroatoms. The Morgan fingerprint density at radius 3 is 2.48 bits per heavy atom. The zero-order valence-corrected chi connectivity index (χ0v) is 18.8. The second-order valence-corrected chi connectivity index (χ2v) is 8.96. The number of benzene rings is 2. The average molecular weight is 441 g/mol. The maximum absolute atomic E-state index is 14.2. The molecule has 0 spiro atoms. The largest absolute Gasteiger partial charge is 0.356 e. The van der Waals surface area contributed by atoms with Gasteiger partial charge in [-0.25, -0.2) is 4.39 Å². The summed E-state index contributed by atoms with van der Waals surface area (Å²) < 4.78 is 19.7. The fourth-order valence-electron chi connectivity index (χ4n) is 2.68. The molecule has 2 aromatic carbocycles. The fraction of sp³-hybridized carbons (Fsp3) is 0.409. The van der Waals surface area contributed by atoms with Crippen LogP contribution in [0.4, 0.5) is 15.8 Å². The Bertz CT molecular complexity index is 880. The van der Waals surface area contributed by atoms with Gasteiger partial charge in [0.05, 0.1) is 22.7 Å².